The SMILES string of the molecule is C=CCOc1cccc(/C=C2\SC(=O)N(CCOc3cccc4ccccc34)C2=O)c1. The van der Waals surface area contributed by atoms with Gasteiger partial charge in [0.15, 0.2) is 0 Å². The monoisotopic (exact) mass is 431 g/mol. The fraction of sp³-hybridized carbons (Fsp3) is 0.120. The number of hydrogen-bond donors (Lipinski definition) is 0. The summed E-state index contributed by atoms with van der Waals surface area (Å²) in [6.07, 6.45) is 3.37. The number of fused-ring (bicyclic) bond motifs is 1. The molecule has 0 aliphatic carbocycles. The van der Waals surface area contributed by atoms with Crippen LogP contribution in [0.2, 0.25) is 0 Å². The van der Waals surface area contributed by atoms with Crippen molar-refractivity contribution >= 4 is 39.8 Å². The van der Waals surface area contributed by atoms with Crippen LogP contribution >= 0.6 is 11.8 Å². The smallest absolute Gasteiger partial charge is 0.293 e. The molecule has 3 aromatic carbocycles. The second-order valence-corrected chi connectivity index (χ2v) is 7.82. The standard InChI is InChI=1S/C25H21NO4S/c1-2-14-29-20-10-5-7-18(16-20)17-23-24(27)26(25(28)31-23)13-15-30-22-12-6-9-19-8-3-4-11-21(19)22/h2-12,16-17H,1,13-15H2/b23-17-. The van der Waals surface area contributed by atoms with Crippen LogP contribution in [-0.2, 0) is 4.79 Å². The Labute approximate surface area is 185 Å². The molecule has 0 radical (unpaired) electrons. The van der Waals surface area contributed by atoms with Gasteiger partial charge in [0.05, 0.1) is 11.4 Å². The number of benzene rings is 3. The van der Waals surface area contributed by atoms with E-state index in [9.17, 15) is 9.59 Å². The predicted molar refractivity (Wildman–Crippen MR) is 124 cm³/mol. The zero-order chi connectivity index (χ0) is 21.6. The molecule has 0 saturated carbocycles. The van der Waals surface area contributed by atoms with E-state index in [0.717, 1.165) is 33.8 Å². The molecule has 2 amide bonds. The van der Waals surface area contributed by atoms with Crippen molar-refractivity contribution in [1.29, 1.82) is 0 Å². The van der Waals surface area contributed by atoms with Gasteiger partial charge in [0, 0.05) is 5.39 Å². The zero-order valence-corrected chi connectivity index (χ0v) is 17.6. The van der Waals surface area contributed by atoms with Crippen LogP contribution in [0.4, 0.5) is 4.79 Å². The van der Waals surface area contributed by atoms with Crippen molar-refractivity contribution in [1.82, 2.24) is 4.90 Å². The number of imide groups is 1. The van der Waals surface area contributed by atoms with Gasteiger partial charge in [-0.3, -0.25) is 14.5 Å². The summed E-state index contributed by atoms with van der Waals surface area (Å²) in [5.74, 6) is 1.10. The lowest BCUT2D eigenvalue weighted by atomic mass is 10.1. The van der Waals surface area contributed by atoms with Gasteiger partial charge in [0.25, 0.3) is 11.1 Å². The van der Waals surface area contributed by atoms with E-state index < -0.39 is 0 Å². The lowest BCUT2D eigenvalue weighted by Crippen LogP contribution is -2.32. The number of amides is 2. The lowest BCUT2D eigenvalue weighted by molar-refractivity contribution is -0.123. The predicted octanol–water partition coefficient (Wildman–Crippen LogP) is 5.52. The fourth-order valence-electron chi connectivity index (χ4n) is 3.26. The molecule has 0 unspecified atom stereocenters. The molecule has 6 heteroatoms. The first kappa shape index (κ1) is 20.8. The molecule has 3 aromatic rings. The minimum Gasteiger partial charge on any atom is -0.491 e. The molecule has 1 aliphatic heterocycles. The summed E-state index contributed by atoms with van der Waals surface area (Å²) in [4.78, 5) is 26.7. The normalized spacial score (nSPS) is 15.0. The summed E-state index contributed by atoms with van der Waals surface area (Å²) < 4.78 is 11.4. The third-order valence-corrected chi connectivity index (χ3v) is 5.63. The molecule has 0 N–H and O–H groups in total. The van der Waals surface area contributed by atoms with Crippen LogP contribution in [0.3, 0.4) is 0 Å². The Bertz CT molecular complexity index is 1170. The van der Waals surface area contributed by atoms with E-state index in [1.807, 2.05) is 66.7 Å². The minimum absolute atomic E-state index is 0.188. The molecule has 0 atom stereocenters. The van der Waals surface area contributed by atoms with Gasteiger partial charge in [-0.05, 0) is 47.0 Å². The van der Waals surface area contributed by atoms with E-state index in [4.69, 9.17) is 9.47 Å². The average molecular weight is 432 g/mol. The average Bonchev–Trinajstić information content (AvgIpc) is 3.05. The van der Waals surface area contributed by atoms with Crippen LogP contribution in [0, 0.1) is 0 Å². The van der Waals surface area contributed by atoms with Gasteiger partial charge in [-0.25, -0.2) is 0 Å². The number of rotatable bonds is 8. The van der Waals surface area contributed by atoms with Crippen LogP contribution in [-0.4, -0.2) is 35.8 Å². The highest BCUT2D eigenvalue weighted by Gasteiger charge is 2.34. The first-order valence-electron chi connectivity index (χ1n) is 9.85. The summed E-state index contributed by atoms with van der Waals surface area (Å²) >= 11 is 0.935. The molecule has 0 bridgehead atoms. The largest absolute Gasteiger partial charge is 0.491 e. The van der Waals surface area contributed by atoms with Gasteiger partial charge in [-0.15, -0.1) is 0 Å². The molecule has 0 spiro atoms. The quantitative estimate of drug-likeness (QED) is 0.347. The Hall–Kier alpha value is -3.51. The van der Waals surface area contributed by atoms with Crippen molar-refractivity contribution < 1.29 is 19.1 Å². The van der Waals surface area contributed by atoms with Gasteiger partial charge in [0.2, 0.25) is 0 Å². The van der Waals surface area contributed by atoms with Crippen LogP contribution in [0.15, 0.2) is 84.3 Å². The van der Waals surface area contributed by atoms with Gasteiger partial charge >= 0.3 is 0 Å². The van der Waals surface area contributed by atoms with Crippen molar-refractivity contribution in [3.8, 4) is 11.5 Å². The number of ether oxygens (including phenoxy) is 2. The maximum absolute atomic E-state index is 12.7. The summed E-state index contributed by atoms with van der Waals surface area (Å²) in [5.41, 5.74) is 0.791. The number of carbonyl (C=O) groups excluding carboxylic acids is 2. The van der Waals surface area contributed by atoms with E-state index in [1.54, 1.807) is 12.2 Å². The van der Waals surface area contributed by atoms with Crippen molar-refractivity contribution in [2.24, 2.45) is 0 Å². The molecule has 1 fully saturated rings. The molecule has 1 saturated heterocycles. The topological polar surface area (TPSA) is 55.8 Å². The first-order valence-corrected chi connectivity index (χ1v) is 10.7. The first-order chi connectivity index (χ1) is 15.2. The third-order valence-electron chi connectivity index (χ3n) is 4.72. The summed E-state index contributed by atoms with van der Waals surface area (Å²) in [5, 5.41) is 1.78. The maximum Gasteiger partial charge on any atom is 0.293 e. The number of hydrogen-bond acceptors (Lipinski definition) is 5. The Morgan fingerprint density at radius 2 is 1.77 bits per heavy atom. The molecular weight excluding hydrogens is 410 g/mol. The maximum atomic E-state index is 12.7. The molecule has 5 nitrogen and oxygen atoms in total. The molecule has 1 heterocycles. The molecule has 1 aliphatic rings. The number of nitrogens with zero attached hydrogens (tertiary/aromatic N) is 1. The van der Waals surface area contributed by atoms with E-state index in [2.05, 4.69) is 6.58 Å². The summed E-state index contributed by atoms with van der Waals surface area (Å²) in [6, 6.07) is 21.1. The van der Waals surface area contributed by atoms with Crippen molar-refractivity contribution in [2.45, 2.75) is 0 Å². The molecule has 156 valence electrons. The highest BCUT2D eigenvalue weighted by atomic mass is 32.2. The Kier molecular flexibility index (Phi) is 6.38. The highest BCUT2D eigenvalue weighted by molar-refractivity contribution is 8.18. The van der Waals surface area contributed by atoms with Crippen LogP contribution < -0.4 is 9.47 Å². The van der Waals surface area contributed by atoms with Crippen molar-refractivity contribution in [3.63, 3.8) is 0 Å². The molecule has 4 rings (SSSR count). The van der Waals surface area contributed by atoms with Gasteiger partial charge in [-0.2, -0.15) is 0 Å². The van der Waals surface area contributed by atoms with E-state index in [-0.39, 0.29) is 24.3 Å². The fourth-order valence-corrected chi connectivity index (χ4v) is 4.13. The second-order valence-electron chi connectivity index (χ2n) is 6.83. The van der Waals surface area contributed by atoms with E-state index in [0.29, 0.717) is 17.3 Å². The minimum atomic E-state index is -0.311. The van der Waals surface area contributed by atoms with Gasteiger partial charge in [0.1, 0.15) is 24.7 Å². The van der Waals surface area contributed by atoms with Crippen LogP contribution in [0.5, 0.6) is 11.5 Å². The summed E-state index contributed by atoms with van der Waals surface area (Å²) in [6.45, 7) is 4.44. The van der Waals surface area contributed by atoms with Crippen LogP contribution in [0.1, 0.15) is 5.56 Å². The molecule has 0 aromatic heterocycles. The zero-order valence-electron chi connectivity index (χ0n) is 16.8. The third kappa shape index (κ3) is 4.81. The molecular formula is C25H21NO4S. The lowest BCUT2D eigenvalue weighted by Gasteiger charge is -2.14. The summed E-state index contributed by atoms with van der Waals surface area (Å²) in [7, 11) is 0. The highest BCUT2D eigenvalue weighted by Crippen LogP contribution is 2.33. The van der Waals surface area contributed by atoms with Crippen molar-refractivity contribution in [3.05, 3.63) is 89.9 Å². The Balaban J connectivity index is 1.41. The number of thioether (sulfide) groups is 1. The Morgan fingerprint density at radius 1 is 0.968 bits per heavy atom. The van der Waals surface area contributed by atoms with Gasteiger partial charge < -0.3 is 9.47 Å². The van der Waals surface area contributed by atoms with E-state index in [1.165, 1.54) is 4.90 Å². The Morgan fingerprint density at radius 3 is 2.65 bits per heavy atom. The van der Waals surface area contributed by atoms with E-state index >= 15 is 0 Å². The second kappa shape index (κ2) is 9.53. The van der Waals surface area contributed by atoms with Crippen LogP contribution in [0.25, 0.3) is 16.8 Å². The number of carbonyl (C=O) groups is 2. The van der Waals surface area contributed by atoms with Crippen molar-refractivity contribution in [2.75, 3.05) is 19.8 Å². The van der Waals surface area contributed by atoms with Gasteiger partial charge in [-0.1, -0.05) is 61.2 Å². The molecule has 31 heavy (non-hydrogen) atoms.